The Morgan fingerprint density at radius 1 is 1.47 bits per heavy atom. The van der Waals surface area contributed by atoms with Crippen LogP contribution in [0.3, 0.4) is 0 Å². The van der Waals surface area contributed by atoms with Gasteiger partial charge in [0.1, 0.15) is 12.4 Å². The second kappa shape index (κ2) is 5.34. The van der Waals surface area contributed by atoms with E-state index < -0.39 is 0 Å². The highest BCUT2D eigenvalue weighted by atomic mass is 19.1. The van der Waals surface area contributed by atoms with Gasteiger partial charge in [0, 0.05) is 19.3 Å². The van der Waals surface area contributed by atoms with E-state index in [9.17, 15) is 4.39 Å². The van der Waals surface area contributed by atoms with Crippen LogP contribution in [0.15, 0.2) is 36.7 Å². The third kappa shape index (κ3) is 3.48. The molecule has 0 saturated carbocycles. The van der Waals surface area contributed by atoms with E-state index in [0.29, 0.717) is 13.2 Å². The zero-order valence-corrected chi connectivity index (χ0v) is 9.56. The van der Waals surface area contributed by atoms with Crippen LogP contribution < -0.4 is 10.1 Å². The topological polar surface area (TPSA) is 39.1 Å². The van der Waals surface area contributed by atoms with Gasteiger partial charge in [-0.2, -0.15) is 5.10 Å². The van der Waals surface area contributed by atoms with Crippen molar-refractivity contribution in [2.75, 3.05) is 18.5 Å². The van der Waals surface area contributed by atoms with Gasteiger partial charge in [0.25, 0.3) is 0 Å². The first kappa shape index (κ1) is 11.4. The number of nitrogens with one attached hydrogen (secondary N) is 1. The summed E-state index contributed by atoms with van der Waals surface area (Å²) in [4.78, 5) is 0. The van der Waals surface area contributed by atoms with E-state index in [1.165, 1.54) is 12.1 Å². The maximum atomic E-state index is 12.9. The molecule has 0 fully saturated rings. The fourth-order valence-corrected chi connectivity index (χ4v) is 1.44. The predicted octanol–water partition coefficient (Wildman–Crippen LogP) is 2.05. The van der Waals surface area contributed by atoms with Crippen molar-refractivity contribution in [3.63, 3.8) is 0 Å². The summed E-state index contributed by atoms with van der Waals surface area (Å²) in [6, 6.07) is 6.34. The Kier molecular flexibility index (Phi) is 3.59. The van der Waals surface area contributed by atoms with Crippen molar-refractivity contribution in [3.05, 3.63) is 42.5 Å². The molecule has 4 nitrogen and oxygen atoms in total. The zero-order chi connectivity index (χ0) is 12.1. The van der Waals surface area contributed by atoms with Crippen LogP contribution in [0.1, 0.15) is 0 Å². The van der Waals surface area contributed by atoms with E-state index in [1.807, 2.05) is 13.1 Å². The summed E-state index contributed by atoms with van der Waals surface area (Å²) in [5, 5.41) is 7.06. The van der Waals surface area contributed by atoms with Crippen LogP contribution in [0, 0.1) is 5.82 Å². The number of rotatable bonds is 5. The number of halogens is 1. The van der Waals surface area contributed by atoms with Gasteiger partial charge in [-0.3, -0.25) is 4.68 Å². The van der Waals surface area contributed by atoms with Crippen molar-refractivity contribution >= 4 is 5.69 Å². The lowest BCUT2D eigenvalue weighted by Crippen LogP contribution is -2.11. The monoisotopic (exact) mass is 235 g/mol. The number of aryl methyl sites for hydroxylation is 1. The van der Waals surface area contributed by atoms with Crippen molar-refractivity contribution in [1.29, 1.82) is 0 Å². The summed E-state index contributed by atoms with van der Waals surface area (Å²) in [6.45, 7) is 1.11. The van der Waals surface area contributed by atoms with Crippen LogP contribution in [-0.4, -0.2) is 22.9 Å². The Hall–Kier alpha value is -2.04. The minimum atomic E-state index is -0.247. The van der Waals surface area contributed by atoms with Crippen LogP contribution in [0.5, 0.6) is 5.75 Å². The van der Waals surface area contributed by atoms with E-state index in [1.54, 1.807) is 23.1 Å². The molecule has 0 atom stereocenters. The van der Waals surface area contributed by atoms with Gasteiger partial charge in [-0.15, -0.1) is 0 Å². The van der Waals surface area contributed by atoms with E-state index in [2.05, 4.69) is 10.4 Å². The van der Waals surface area contributed by atoms with Crippen LogP contribution in [0.4, 0.5) is 10.1 Å². The molecule has 5 heteroatoms. The number of hydrogen-bond donors (Lipinski definition) is 1. The second-order valence-corrected chi connectivity index (χ2v) is 3.64. The number of benzene rings is 1. The standard InChI is InChI=1S/C12H14FN3O/c1-16-9-12(8-15-16)17-6-5-14-11-4-2-3-10(13)7-11/h2-4,7-9,14H,5-6H2,1H3. The van der Waals surface area contributed by atoms with Gasteiger partial charge in [0.2, 0.25) is 0 Å². The number of hydrogen-bond acceptors (Lipinski definition) is 3. The van der Waals surface area contributed by atoms with Gasteiger partial charge < -0.3 is 10.1 Å². The Labute approximate surface area is 99.0 Å². The molecule has 1 N–H and O–H groups in total. The molecule has 0 bridgehead atoms. The minimum Gasteiger partial charge on any atom is -0.488 e. The normalized spacial score (nSPS) is 10.2. The highest BCUT2D eigenvalue weighted by Crippen LogP contribution is 2.09. The number of anilines is 1. The average molecular weight is 235 g/mol. The summed E-state index contributed by atoms with van der Waals surface area (Å²) in [6.07, 6.45) is 3.45. The summed E-state index contributed by atoms with van der Waals surface area (Å²) >= 11 is 0. The maximum absolute atomic E-state index is 12.9. The van der Waals surface area contributed by atoms with E-state index in [-0.39, 0.29) is 5.82 Å². The smallest absolute Gasteiger partial charge is 0.157 e. The third-order valence-electron chi connectivity index (χ3n) is 2.21. The van der Waals surface area contributed by atoms with Gasteiger partial charge in [-0.05, 0) is 18.2 Å². The molecule has 1 aromatic carbocycles. The highest BCUT2D eigenvalue weighted by Gasteiger charge is 1.97. The molecule has 0 spiro atoms. The SMILES string of the molecule is Cn1cc(OCCNc2cccc(F)c2)cn1. The summed E-state index contributed by atoms with van der Waals surface area (Å²) < 4.78 is 20.0. The fourth-order valence-electron chi connectivity index (χ4n) is 1.44. The molecule has 0 unspecified atom stereocenters. The Balaban J connectivity index is 1.73. The Morgan fingerprint density at radius 2 is 2.35 bits per heavy atom. The van der Waals surface area contributed by atoms with E-state index in [4.69, 9.17) is 4.74 Å². The first-order chi connectivity index (χ1) is 8.24. The summed E-state index contributed by atoms with van der Waals surface area (Å²) in [7, 11) is 1.83. The predicted molar refractivity (Wildman–Crippen MR) is 63.6 cm³/mol. The molecule has 0 aliphatic rings. The van der Waals surface area contributed by atoms with Crippen molar-refractivity contribution in [3.8, 4) is 5.75 Å². The summed E-state index contributed by atoms with van der Waals surface area (Å²) in [5.74, 6) is 0.483. The molecule has 2 rings (SSSR count). The molecule has 2 aromatic rings. The van der Waals surface area contributed by atoms with Gasteiger partial charge in [0.05, 0.1) is 12.4 Å². The first-order valence-corrected chi connectivity index (χ1v) is 5.35. The van der Waals surface area contributed by atoms with Crippen molar-refractivity contribution in [2.24, 2.45) is 7.05 Å². The first-order valence-electron chi connectivity index (χ1n) is 5.35. The van der Waals surface area contributed by atoms with Gasteiger partial charge in [-0.25, -0.2) is 4.39 Å². The molecular weight excluding hydrogens is 221 g/mol. The zero-order valence-electron chi connectivity index (χ0n) is 9.56. The minimum absolute atomic E-state index is 0.247. The van der Waals surface area contributed by atoms with Gasteiger partial charge in [0.15, 0.2) is 5.75 Å². The molecule has 0 aliphatic heterocycles. The lowest BCUT2D eigenvalue weighted by Gasteiger charge is -2.06. The van der Waals surface area contributed by atoms with Crippen molar-refractivity contribution < 1.29 is 9.13 Å². The van der Waals surface area contributed by atoms with Crippen LogP contribution in [-0.2, 0) is 7.05 Å². The van der Waals surface area contributed by atoms with Crippen LogP contribution in [0.2, 0.25) is 0 Å². The number of ether oxygens (including phenoxy) is 1. The van der Waals surface area contributed by atoms with Crippen molar-refractivity contribution in [2.45, 2.75) is 0 Å². The average Bonchev–Trinajstić information content (AvgIpc) is 2.71. The molecule has 0 aliphatic carbocycles. The van der Waals surface area contributed by atoms with E-state index >= 15 is 0 Å². The Bertz CT molecular complexity index is 484. The fraction of sp³-hybridized carbons (Fsp3) is 0.250. The largest absolute Gasteiger partial charge is 0.488 e. The van der Waals surface area contributed by atoms with E-state index in [0.717, 1.165) is 11.4 Å². The third-order valence-corrected chi connectivity index (χ3v) is 2.21. The van der Waals surface area contributed by atoms with Crippen LogP contribution in [0.25, 0.3) is 0 Å². The molecule has 0 amide bonds. The van der Waals surface area contributed by atoms with Crippen LogP contribution >= 0.6 is 0 Å². The quantitative estimate of drug-likeness (QED) is 0.806. The van der Waals surface area contributed by atoms with Crippen molar-refractivity contribution in [1.82, 2.24) is 9.78 Å². The number of nitrogens with zero attached hydrogens (tertiary/aromatic N) is 2. The van der Waals surface area contributed by atoms with Gasteiger partial charge in [-0.1, -0.05) is 6.07 Å². The molecule has 1 aromatic heterocycles. The second-order valence-electron chi connectivity index (χ2n) is 3.64. The Morgan fingerprint density at radius 3 is 3.06 bits per heavy atom. The molecule has 1 heterocycles. The summed E-state index contributed by atoms with van der Waals surface area (Å²) in [5.41, 5.74) is 0.750. The maximum Gasteiger partial charge on any atom is 0.157 e. The molecule has 0 saturated heterocycles. The lowest BCUT2D eigenvalue weighted by molar-refractivity contribution is 0.332. The lowest BCUT2D eigenvalue weighted by atomic mass is 10.3. The molecule has 90 valence electrons. The molecular formula is C12H14FN3O. The number of aromatic nitrogens is 2. The van der Waals surface area contributed by atoms with Gasteiger partial charge >= 0.3 is 0 Å². The highest BCUT2D eigenvalue weighted by molar-refractivity contribution is 5.42. The molecule has 17 heavy (non-hydrogen) atoms. The molecule has 0 radical (unpaired) electrons.